The highest BCUT2D eigenvalue weighted by Crippen LogP contribution is 2.30. The molecule has 5 atom stereocenters. The molecule has 0 radical (unpaired) electrons. The van der Waals surface area contributed by atoms with E-state index in [1.165, 1.54) is 6.92 Å². The van der Waals surface area contributed by atoms with E-state index in [0.29, 0.717) is 0 Å². The lowest BCUT2D eigenvalue weighted by Crippen LogP contribution is -2.66. The zero-order valence-corrected chi connectivity index (χ0v) is 9.70. The van der Waals surface area contributed by atoms with Crippen molar-refractivity contribution < 1.29 is 29.9 Å². The summed E-state index contributed by atoms with van der Waals surface area (Å²) in [6.07, 6.45) is -5.02. The van der Waals surface area contributed by atoms with E-state index in [-0.39, 0.29) is 6.10 Å². The maximum absolute atomic E-state index is 9.99. The van der Waals surface area contributed by atoms with Crippen molar-refractivity contribution >= 4 is 0 Å². The lowest BCUT2D eigenvalue weighted by atomic mass is 9.88. The molecule has 6 heteroatoms. The first kappa shape index (κ1) is 13.8. The Balaban J connectivity index is 2.82. The van der Waals surface area contributed by atoms with Crippen LogP contribution in [0.3, 0.4) is 0 Å². The van der Waals surface area contributed by atoms with Gasteiger partial charge in [-0.3, -0.25) is 0 Å². The summed E-state index contributed by atoms with van der Waals surface area (Å²) < 4.78 is 10.5. The Hall–Kier alpha value is -0.240. The molecule has 1 heterocycles. The van der Waals surface area contributed by atoms with Gasteiger partial charge in [-0.05, 0) is 20.8 Å². The Morgan fingerprint density at radius 3 is 2.38 bits per heavy atom. The molecule has 96 valence electrons. The van der Waals surface area contributed by atoms with Gasteiger partial charge in [-0.15, -0.1) is 0 Å². The molecule has 1 fully saturated rings. The smallest absolute Gasteiger partial charge is 0.189 e. The molecule has 0 aromatic rings. The van der Waals surface area contributed by atoms with E-state index >= 15 is 0 Å². The average molecular weight is 236 g/mol. The SMILES string of the molecule is CC(C)O[C@H]1O[C@H](CO)[C@@H](O)[C@H](O)[C@]1(C)O. The monoisotopic (exact) mass is 236 g/mol. The van der Waals surface area contributed by atoms with Crippen LogP contribution < -0.4 is 0 Å². The van der Waals surface area contributed by atoms with Crippen LogP contribution in [0.15, 0.2) is 0 Å². The Bertz CT molecular complexity index is 229. The number of hydrogen-bond acceptors (Lipinski definition) is 6. The predicted molar refractivity (Wildman–Crippen MR) is 54.6 cm³/mol. The molecule has 1 rings (SSSR count). The molecule has 0 aromatic carbocycles. The van der Waals surface area contributed by atoms with Crippen molar-refractivity contribution in [1.29, 1.82) is 0 Å². The second-order valence-corrected chi connectivity index (χ2v) is 4.54. The molecule has 0 aromatic heterocycles. The number of hydrogen-bond donors (Lipinski definition) is 4. The summed E-state index contributed by atoms with van der Waals surface area (Å²) >= 11 is 0. The van der Waals surface area contributed by atoms with Gasteiger partial charge >= 0.3 is 0 Å². The van der Waals surface area contributed by atoms with Gasteiger partial charge in [0.15, 0.2) is 6.29 Å². The van der Waals surface area contributed by atoms with E-state index in [0.717, 1.165) is 0 Å². The van der Waals surface area contributed by atoms with Crippen molar-refractivity contribution in [3.63, 3.8) is 0 Å². The number of rotatable bonds is 3. The van der Waals surface area contributed by atoms with Crippen LogP contribution >= 0.6 is 0 Å². The second kappa shape index (κ2) is 4.95. The van der Waals surface area contributed by atoms with Crippen molar-refractivity contribution in [2.24, 2.45) is 0 Å². The lowest BCUT2D eigenvalue weighted by molar-refractivity contribution is -0.342. The molecule has 1 saturated heterocycles. The fourth-order valence-corrected chi connectivity index (χ4v) is 1.63. The molecule has 0 spiro atoms. The zero-order chi connectivity index (χ0) is 12.5. The standard InChI is InChI=1S/C10H20O6/c1-5(2)15-9-10(3,14)8(13)7(12)6(4-11)16-9/h5-9,11-14H,4H2,1-3H3/t6-,7-,8+,9+,10+/m1/s1. The van der Waals surface area contributed by atoms with E-state index in [9.17, 15) is 15.3 Å². The second-order valence-electron chi connectivity index (χ2n) is 4.54. The molecule has 0 aliphatic carbocycles. The van der Waals surface area contributed by atoms with Gasteiger partial charge in [-0.1, -0.05) is 0 Å². The first-order valence-corrected chi connectivity index (χ1v) is 5.31. The van der Waals surface area contributed by atoms with Crippen LogP contribution in [0.5, 0.6) is 0 Å². The van der Waals surface area contributed by atoms with E-state index < -0.39 is 36.8 Å². The maximum Gasteiger partial charge on any atom is 0.189 e. The van der Waals surface area contributed by atoms with Crippen LogP contribution in [0.4, 0.5) is 0 Å². The summed E-state index contributed by atoms with van der Waals surface area (Å²) in [7, 11) is 0. The Kier molecular flexibility index (Phi) is 4.28. The van der Waals surface area contributed by atoms with Crippen molar-refractivity contribution in [1.82, 2.24) is 0 Å². The third kappa shape index (κ3) is 2.53. The summed E-state index contributed by atoms with van der Waals surface area (Å²) in [4.78, 5) is 0. The van der Waals surface area contributed by atoms with Crippen LogP contribution in [0.1, 0.15) is 20.8 Å². The van der Waals surface area contributed by atoms with Crippen molar-refractivity contribution in [3.8, 4) is 0 Å². The van der Waals surface area contributed by atoms with Crippen LogP contribution in [0, 0.1) is 0 Å². The van der Waals surface area contributed by atoms with Gasteiger partial charge in [-0.25, -0.2) is 0 Å². The van der Waals surface area contributed by atoms with Gasteiger partial charge in [0.2, 0.25) is 0 Å². The fraction of sp³-hybridized carbons (Fsp3) is 1.00. The van der Waals surface area contributed by atoms with Crippen molar-refractivity contribution in [2.75, 3.05) is 6.61 Å². The Labute approximate surface area is 94.4 Å². The summed E-state index contributed by atoms with van der Waals surface area (Å²) in [5, 5.41) is 38.3. The molecule has 0 saturated carbocycles. The van der Waals surface area contributed by atoms with E-state index in [1.54, 1.807) is 13.8 Å². The predicted octanol–water partition coefficient (Wildman–Crippen LogP) is -1.40. The summed E-state index contributed by atoms with van der Waals surface area (Å²) in [6, 6.07) is 0. The molecule has 6 nitrogen and oxygen atoms in total. The third-order valence-electron chi connectivity index (χ3n) is 2.65. The van der Waals surface area contributed by atoms with Gasteiger partial charge in [0, 0.05) is 0 Å². The molecule has 0 amide bonds. The van der Waals surface area contributed by atoms with Crippen LogP contribution in [0.2, 0.25) is 0 Å². The van der Waals surface area contributed by atoms with E-state index in [2.05, 4.69) is 0 Å². The lowest BCUT2D eigenvalue weighted by Gasteiger charge is -2.46. The first-order valence-electron chi connectivity index (χ1n) is 5.31. The summed E-state index contributed by atoms with van der Waals surface area (Å²) in [5.41, 5.74) is -1.71. The van der Waals surface area contributed by atoms with E-state index in [4.69, 9.17) is 14.6 Å². The zero-order valence-electron chi connectivity index (χ0n) is 9.70. The molecule has 4 N–H and O–H groups in total. The Morgan fingerprint density at radius 1 is 1.38 bits per heavy atom. The molecular formula is C10H20O6. The third-order valence-corrected chi connectivity index (χ3v) is 2.65. The van der Waals surface area contributed by atoms with Gasteiger partial charge in [0.05, 0.1) is 12.7 Å². The molecule has 1 aliphatic rings. The van der Waals surface area contributed by atoms with Crippen molar-refractivity contribution in [2.45, 2.75) is 57.1 Å². The number of aliphatic hydroxyl groups excluding tert-OH is 3. The summed E-state index contributed by atoms with van der Waals surface area (Å²) in [5.74, 6) is 0. The quantitative estimate of drug-likeness (QED) is 0.481. The van der Waals surface area contributed by atoms with Gasteiger partial charge in [0.1, 0.15) is 23.9 Å². The van der Waals surface area contributed by atoms with Crippen LogP contribution in [-0.2, 0) is 9.47 Å². The van der Waals surface area contributed by atoms with Gasteiger partial charge in [0.25, 0.3) is 0 Å². The van der Waals surface area contributed by atoms with E-state index in [1.807, 2.05) is 0 Å². The Morgan fingerprint density at radius 2 is 1.94 bits per heavy atom. The number of aliphatic hydroxyl groups is 4. The largest absolute Gasteiger partial charge is 0.394 e. The molecule has 0 unspecified atom stereocenters. The maximum atomic E-state index is 9.99. The first-order chi connectivity index (χ1) is 7.30. The highest BCUT2D eigenvalue weighted by Gasteiger charge is 2.52. The molecule has 16 heavy (non-hydrogen) atoms. The minimum Gasteiger partial charge on any atom is -0.394 e. The molecular weight excluding hydrogens is 216 g/mol. The topological polar surface area (TPSA) is 99.4 Å². The van der Waals surface area contributed by atoms with Crippen LogP contribution in [-0.4, -0.2) is 63.3 Å². The molecule has 0 bridgehead atoms. The van der Waals surface area contributed by atoms with Crippen LogP contribution in [0.25, 0.3) is 0 Å². The number of ether oxygens (including phenoxy) is 2. The van der Waals surface area contributed by atoms with Crippen molar-refractivity contribution in [3.05, 3.63) is 0 Å². The van der Waals surface area contributed by atoms with Gasteiger partial charge in [-0.2, -0.15) is 0 Å². The normalized spacial score (nSPS) is 45.0. The highest BCUT2D eigenvalue weighted by molar-refractivity contribution is 4.97. The highest BCUT2D eigenvalue weighted by atomic mass is 16.7. The minimum absolute atomic E-state index is 0.210. The fourth-order valence-electron chi connectivity index (χ4n) is 1.63. The average Bonchev–Trinajstić information content (AvgIpc) is 2.19. The van der Waals surface area contributed by atoms with Gasteiger partial charge < -0.3 is 29.9 Å². The minimum atomic E-state index is -1.71. The molecule has 1 aliphatic heterocycles. The summed E-state index contributed by atoms with van der Waals surface area (Å²) in [6.45, 7) is 4.38.